The van der Waals surface area contributed by atoms with Crippen molar-refractivity contribution in [3.8, 4) is 0 Å². The van der Waals surface area contributed by atoms with Crippen LogP contribution in [-0.2, 0) is 0 Å². The van der Waals surface area contributed by atoms with Gasteiger partial charge in [0, 0.05) is 6.54 Å². The quantitative estimate of drug-likeness (QED) is 0.670. The van der Waals surface area contributed by atoms with Crippen LogP contribution in [-0.4, -0.2) is 27.6 Å². The number of benzene rings is 1. The predicted octanol–water partition coefficient (Wildman–Crippen LogP) is 0.988. The lowest BCUT2D eigenvalue weighted by Crippen LogP contribution is -2.29. The monoisotopic (exact) mass is 222 g/mol. The fourth-order valence-corrected chi connectivity index (χ4v) is 1.34. The number of nitrogen functional groups attached to an aromatic ring is 1. The molecular formula is C10H14N4O2. The Labute approximate surface area is 92.4 Å². The number of nitrogens with one attached hydrogen (secondary N) is 1. The maximum atomic E-state index is 9.61. The van der Waals surface area contributed by atoms with Crippen molar-refractivity contribution < 1.29 is 9.74 Å². The molecule has 0 aliphatic rings. The Bertz CT molecular complexity index is 501. The lowest BCUT2D eigenvalue weighted by molar-refractivity contribution is 0.0945. The van der Waals surface area contributed by atoms with Gasteiger partial charge in [-0.25, -0.2) is 4.63 Å². The Balaban J connectivity index is 2.31. The first-order valence-corrected chi connectivity index (χ1v) is 4.94. The molecule has 0 aliphatic heterocycles. The van der Waals surface area contributed by atoms with Crippen molar-refractivity contribution in [3.63, 3.8) is 0 Å². The molecule has 0 aliphatic carbocycles. The topological polar surface area (TPSA) is 97.2 Å². The van der Waals surface area contributed by atoms with E-state index >= 15 is 0 Å². The lowest BCUT2D eigenvalue weighted by atomic mass is 10.1. The van der Waals surface area contributed by atoms with E-state index in [1.807, 2.05) is 0 Å². The van der Waals surface area contributed by atoms with Crippen molar-refractivity contribution in [1.29, 1.82) is 0 Å². The first kappa shape index (κ1) is 10.7. The number of fused-ring (bicyclic) bond motifs is 1. The molecule has 4 N–H and O–H groups in total. The van der Waals surface area contributed by atoms with Crippen molar-refractivity contribution >= 4 is 22.4 Å². The number of nitrogens with zero attached hydrogens (tertiary/aromatic N) is 2. The maximum Gasteiger partial charge on any atom is 0.160 e. The number of aromatic nitrogens is 2. The molecular weight excluding hydrogens is 208 g/mol. The molecule has 0 spiro atoms. The highest BCUT2D eigenvalue weighted by Crippen LogP contribution is 2.25. The molecule has 0 saturated heterocycles. The first-order valence-electron chi connectivity index (χ1n) is 4.94. The van der Waals surface area contributed by atoms with Crippen LogP contribution >= 0.6 is 0 Å². The second kappa shape index (κ2) is 3.64. The summed E-state index contributed by atoms with van der Waals surface area (Å²) in [4.78, 5) is 0. The summed E-state index contributed by atoms with van der Waals surface area (Å²) in [5, 5.41) is 20.2. The molecule has 86 valence electrons. The van der Waals surface area contributed by atoms with E-state index in [0.717, 1.165) is 5.69 Å². The van der Waals surface area contributed by atoms with Gasteiger partial charge >= 0.3 is 0 Å². The Morgan fingerprint density at radius 3 is 2.75 bits per heavy atom. The van der Waals surface area contributed by atoms with Crippen LogP contribution in [0.4, 0.5) is 11.4 Å². The van der Waals surface area contributed by atoms with Gasteiger partial charge in [-0.15, -0.1) is 0 Å². The van der Waals surface area contributed by atoms with Crippen molar-refractivity contribution in [2.45, 2.75) is 19.4 Å². The fraction of sp³-hybridized carbons (Fsp3) is 0.400. The van der Waals surface area contributed by atoms with Crippen molar-refractivity contribution in [1.82, 2.24) is 10.3 Å². The standard InChI is InChI=1S/C10H14N4O2/c1-10(2,15)5-12-7-4-3-6(11)8-9(7)14-16-13-8/h3-4,12,15H,5,11H2,1-2H3. The summed E-state index contributed by atoms with van der Waals surface area (Å²) in [6, 6.07) is 3.51. The summed E-state index contributed by atoms with van der Waals surface area (Å²) in [7, 11) is 0. The van der Waals surface area contributed by atoms with E-state index in [9.17, 15) is 5.11 Å². The minimum atomic E-state index is -0.801. The number of anilines is 2. The van der Waals surface area contributed by atoms with Crippen LogP contribution in [0.15, 0.2) is 16.8 Å². The average molecular weight is 222 g/mol. The second-order valence-electron chi connectivity index (χ2n) is 4.33. The molecule has 0 saturated carbocycles. The minimum absolute atomic E-state index is 0.402. The molecule has 2 rings (SSSR count). The van der Waals surface area contributed by atoms with Gasteiger partial charge in [0.1, 0.15) is 0 Å². The molecule has 0 unspecified atom stereocenters. The van der Waals surface area contributed by atoms with Crippen LogP contribution in [0.5, 0.6) is 0 Å². The summed E-state index contributed by atoms with van der Waals surface area (Å²) in [5.41, 5.74) is 7.27. The molecule has 1 aromatic heterocycles. The summed E-state index contributed by atoms with van der Waals surface area (Å²) in [5.74, 6) is 0. The zero-order valence-electron chi connectivity index (χ0n) is 9.19. The zero-order chi connectivity index (χ0) is 11.8. The summed E-state index contributed by atoms with van der Waals surface area (Å²) < 4.78 is 4.64. The normalized spacial score (nSPS) is 11.9. The SMILES string of the molecule is CC(C)(O)CNc1ccc(N)c2nonc12. The van der Waals surface area contributed by atoms with Gasteiger partial charge in [-0.2, -0.15) is 0 Å². The van der Waals surface area contributed by atoms with Gasteiger partial charge in [-0.3, -0.25) is 0 Å². The molecule has 0 fully saturated rings. The number of aliphatic hydroxyl groups is 1. The third-order valence-electron chi connectivity index (χ3n) is 2.16. The third kappa shape index (κ3) is 2.06. The average Bonchev–Trinajstić information content (AvgIpc) is 2.65. The Kier molecular flexibility index (Phi) is 2.43. The van der Waals surface area contributed by atoms with E-state index in [1.54, 1.807) is 26.0 Å². The van der Waals surface area contributed by atoms with E-state index in [-0.39, 0.29) is 0 Å². The van der Waals surface area contributed by atoms with Crippen LogP contribution in [0.1, 0.15) is 13.8 Å². The van der Waals surface area contributed by atoms with Gasteiger partial charge in [0.05, 0.1) is 17.0 Å². The van der Waals surface area contributed by atoms with Crippen LogP contribution < -0.4 is 11.1 Å². The summed E-state index contributed by atoms with van der Waals surface area (Å²) in [6.07, 6.45) is 0. The first-order chi connectivity index (χ1) is 7.47. The number of rotatable bonds is 3. The Hall–Kier alpha value is -1.82. The van der Waals surface area contributed by atoms with Gasteiger partial charge in [-0.05, 0) is 36.3 Å². The lowest BCUT2D eigenvalue weighted by Gasteiger charge is -2.18. The molecule has 0 radical (unpaired) electrons. The molecule has 0 amide bonds. The molecule has 6 heteroatoms. The van der Waals surface area contributed by atoms with E-state index < -0.39 is 5.60 Å². The third-order valence-corrected chi connectivity index (χ3v) is 2.16. The molecule has 0 bridgehead atoms. The van der Waals surface area contributed by atoms with Crippen molar-refractivity contribution in [2.75, 3.05) is 17.6 Å². The molecule has 6 nitrogen and oxygen atoms in total. The largest absolute Gasteiger partial charge is 0.397 e. The van der Waals surface area contributed by atoms with Gasteiger partial charge in [-0.1, -0.05) is 0 Å². The van der Waals surface area contributed by atoms with Crippen molar-refractivity contribution in [2.24, 2.45) is 0 Å². The predicted molar refractivity (Wildman–Crippen MR) is 61.0 cm³/mol. The number of hydrogen-bond acceptors (Lipinski definition) is 6. The van der Waals surface area contributed by atoms with E-state index in [2.05, 4.69) is 20.3 Å². The van der Waals surface area contributed by atoms with E-state index in [1.165, 1.54) is 0 Å². The molecule has 0 atom stereocenters. The second-order valence-corrected chi connectivity index (χ2v) is 4.33. The van der Waals surface area contributed by atoms with Crippen LogP contribution in [0, 0.1) is 0 Å². The maximum absolute atomic E-state index is 9.61. The molecule has 1 aromatic carbocycles. The molecule has 1 heterocycles. The highest BCUT2D eigenvalue weighted by molar-refractivity contribution is 5.94. The zero-order valence-corrected chi connectivity index (χ0v) is 9.19. The van der Waals surface area contributed by atoms with Crippen LogP contribution in [0.2, 0.25) is 0 Å². The van der Waals surface area contributed by atoms with Gasteiger partial charge in [0.15, 0.2) is 11.0 Å². The number of nitrogens with two attached hydrogens (primary N) is 1. The highest BCUT2D eigenvalue weighted by atomic mass is 16.6. The van der Waals surface area contributed by atoms with E-state index in [4.69, 9.17) is 5.73 Å². The summed E-state index contributed by atoms with van der Waals surface area (Å²) in [6.45, 7) is 3.84. The molecule has 2 aromatic rings. The van der Waals surface area contributed by atoms with Crippen LogP contribution in [0.25, 0.3) is 11.0 Å². The smallest absolute Gasteiger partial charge is 0.160 e. The Morgan fingerprint density at radius 2 is 2.06 bits per heavy atom. The summed E-state index contributed by atoms with van der Waals surface area (Å²) >= 11 is 0. The number of hydrogen-bond donors (Lipinski definition) is 3. The van der Waals surface area contributed by atoms with Gasteiger partial charge < -0.3 is 16.2 Å². The molecule has 16 heavy (non-hydrogen) atoms. The van der Waals surface area contributed by atoms with Gasteiger partial charge in [0.2, 0.25) is 0 Å². The Morgan fingerprint density at radius 1 is 1.38 bits per heavy atom. The van der Waals surface area contributed by atoms with Crippen molar-refractivity contribution in [3.05, 3.63) is 12.1 Å². The fourth-order valence-electron chi connectivity index (χ4n) is 1.34. The van der Waals surface area contributed by atoms with Crippen LogP contribution in [0.3, 0.4) is 0 Å². The minimum Gasteiger partial charge on any atom is -0.397 e. The van der Waals surface area contributed by atoms with Gasteiger partial charge in [0.25, 0.3) is 0 Å². The van der Waals surface area contributed by atoms with E-state index in [0.29, 0.717) is 23.3 Å². The highest BCUT2D eigenvalue weighted by Gasteiger charge is 2.14.